The summed E-state index contributed by atoms with van der Waals surface area (Å²) in [6.45, 7) is 0. The second-order valence-electron chi connectivity index (χ2n) is 2.94. The fourth-order valence-electron chi connectivity index (χ4n) is 1.09. The molecule has 0 bridgehead atoms. The van der Waals surface area contributed by atoms with Gasteiger partial charge in [0.15, 0.2) is 5.75 Å². The minimum Gasteiger partial charge on any atom is -0.435 e. The minimum absolute atomic E-state index is 0.0777. The maximum absolute atomic E-state index is 5.49. The fourth-order valence-corrected chi connectivity index (χ4v) is 1.09. The summed E-state index contributed by atoms with van der Waals surface area (Å²) in [6, 6.07) is 1.49. The van der Waals surface area contributed by atoms with Crippen molar-refractivity contribution in [2.75, 3.05) is 11.5 Å². The van der Waals surface area contributed by atoms with Crippen molar-refractivity contribution in [3.05, 3.63) is 18.5 Å². The lowest BCUT2D eigenvalue weighted by atomic mass is 10.5. The van der Waals surface area contributed by atoms with Gasteiger partial charge in [-0.25, -0.2) is 0 Å². The number of rotatable bonds is 2. The highest BCUT2D eigenvalue weighted by Crippen LogP contribution is 2.19. The molecular formula is C8H10N6O. The molecule has 7 heteroatoms. The molecule has 4 N–H and O–H groups in total. The summed E-state index contributed by atoms with van der Waals surface area (Å²) in [5.41, 5.74) is 10.9. The Morgan fingerprint density at radius 2 is 2.13 bits per heavy atom. The topological polar surface area (TPSA) is 105 Å². The Balaban J connectivity index is 2.24. The van der Waals surface area contributed by atoms with Gasteiger partial charge in [0.1, 0.15) is 5.82 Å². The fraction of sp³-hybridized carbons (Fsp3) is 0.125. The van der Waals surface area contributed by atoms with E-state index in [-0.39, 0.29) is 11.8 Å². The second-order valence-corrected chi connectivity index (χ2v) is 2.94. The zero-order valence-electron chi connectivity index (χ0n) is 8.08. The zero-order chi connectivity index (χ0) is 10.8. The predicted molar refractivity (Wildman–Crippen MR) is 54.1 cm³/mol. The Kier molecular flexibility index (Phi) is 2.13. The van der Waals surface area contributed by atoms with Gasteiger partial charge in [-0.15, -0.1) is 0 Å². The van der Waals surface area contributed by atoms with Crippen LogP contribution in [0.25, 0.3) is 0 Å². The van der Waals surface area contributed by atoms with Crippen LogP contribution in [0, 0.1) is 0 Å². The van der Waals surface area contributed by atoms with E-state index in [0.717, 1.165) is 0 Å². The average Bonchev–Trinajstić information content (AvgIpc) is 2.49. The van der Waals surface area contributed by atoms with Crippen LogP contribution < -0.4 is 16.2 Å². The van der Waals surface area contributed by atoms with Crippen molar-refractivity contribution in [1.82, 2.24) is 19.7 Å². The van der Waals surface area contributed by atoms with E-state index in [4.69, 9.17) is 16.2 Å². The highest BCUT2D eigenvalue weighted by atomic mass is 16.5. The number of nitrogens with two attached hydrogens (primary N) is 2. The average molecular weight is 206 g/mol. The standard InChI is InChI=1S/C8H10N6O/c1-14-4-5(3-11-14)15-7-2-6(9)12-8(10)13-7/h2-4H,1H3,(H4,9,10,12,13). The number of aromatic nitrogens is 4. The molecule has 78 valence electrons. The summed E-state index contributed by atoms with van der Waals surface area (Å²) in [4.78, 5) is 7.59. The molecule has 2 aromatic rings. The molecule has 0 saturated heterocycles. The summed E-state index contributed by atoms with van der Waals surface area (Å²) < 4.78 is 6.98. The van der Waals surface area contributed by atoms with Crippen molar-refractivity contribution in [2.45, 2.75) is 0 Å². The van der Waals surface area contributed by atoms with Gasteiger partial charge >= 0.3 is 0 Å². The number of anilines is 2. The highest BCUT2D eigenvalue weighted by Gasteiger charge is 2.03. The van der Waals surface area contributed by atoms with Crippen LogP contribution in [0.1, 0.15) is 0 Å². The van der Waals surface area contributed by atoms with Gasteiger partial charge in [0.05, 0.1) is 12.4 Å². The van der Waals surface area contributed by atoms with Gasteiger partial charge in [0.2, 0.25) is 11.8 Å². The summed E-state index contributed by atoms with van der Waals surface area (Å²) >= 11 is 0. The van der Waals surface area contributed by atoms with Gasteiger partial charge < -0.3 is 16.2 Å². The lowest BCUT2D eigenvalue weighted by Gasteiger charge is -2.02. The van der Waals surface area contributed by atoms with E-state index in [2.05, 4.69) is 15.1 Å². The van der Waals surface area contributed by atoms with E-state index in [9.17, 15) is 0 Å². The molecule has 2 heterocycles. The molecule has 0 saturated carbocycles. The molecule has 2 rings (SSSR count). The molecule has 0 radical (unpaired) electrons. The Hall–Kier alpha value is -2.31. The van der Waals surface area contributed by atoms with Crippen LogP contribution in [0.4, 0.5) is 11.8 Å². The molecule has 0 amide bonds. The lowest BCUT2D eigenvalue weighted by Crippen LogP contribution is -2.00. The molecule has 0 aliphatic rings. The van der Waals surface area contributed by atoms with Crippen LogP contribution in [-0.2, 0) is 7.05 Å². The number of nitrogen functional groups attached to an aromatic ring is 2. The maximum Gasteiger partial charge on any atom is 0.226 e. The molecule has 0 unspecified atom stereocenters. The summed E-state index contributed by atoms with van der Waals surface area (Å²) in [7, 11) is 1.79. The predicted octanol–water partition coefficient (Wildman–Crippen LogP) is 0.167. The van der Waals surface area contributed by atoms with Crippen LogP contribution in [-0.4, -0.2) is 19.7 Å². The van der Waals surface area contributed by atoms with Crippen LogP contribution >= 0.6 is 0 Å². The molecule has 2 aromatic heterocycles. The molecule has 15 heavy (non-hydrogen) atoms. The third-order valence-electron chi connectivity index (χ3n) is 1.64. The van der Waals surface area contributed by atoms with Gasteiger partial charge in [-0.1, -0.05) is 0 Å². The quantitative estimate of drug-likeness (QED) is 0.725. The van der Waals surface area contributed by atoms with Crippen LogP contribution in [0.15, 0.2) is 18.5 Å². The number of nitrogens with zero attached hydrogens (tertiary/aromatic N) is 4. The largest absolute Gasteiger partial charge is 0.435 e. The number of hydrogen-bond acceptors (Lipinski definition) is 6. The van der Waals surface area contributed by atoms with Gasteiger partial charge in [-0.3, -0.25) is 4.68 Å². The second kappa shape index (κ2) is 3.45. The van der Waals surface area contributed by atoms with E-state index in [1.54, 1.807) is 24.1 Å². The van der Waals surface area contributed by atoms with Gasteiger partial charge in [0, 0.05) is 13.1 Å². The smallest absolute Gasteiger partial charge is 0.226 e. The van der Waals surface area contributed by atoms with Gasteiger partial charge in [-0.05, 0) is 0 Å². The monoisotopic (exact) mass is 206 g/mol. The van der Waals surface area contributed by atoms with Crippen molar-refractivity contribution in [2.24, 2.45) is 7.05 Å². The first-order chi connectivity index (χ1) is 7.13. The van der Waals surface area contributed by atoms with Crippen molar-refractivity contribution in [3.63, 3.8) is 0 Å². The normalized spacial score (nSPS) is 10.2. The Morgan fingerprint density at radius 1 is 1.33 bits per heavy atom. The lowest BCUT2D eigenvalue weighted by molar-refractivity contribution is 0.462. The van der Waals surface area contributed by atoms with E-state index in [0.29, 0.717) is 11.6 Å². The summed E-state index contributed by atoms with van der Waals surface area (Å²) in [6.07, 6.45) is 3.27. The van der Waals surface area contributed by atoms with Crippen molar-refractivity contribution in [1.29, 1.82) is 0 Å². The molecule has 0 spiro atoms. The summed E-state index contributed by atoms with van der Waals surface area (Å²) in [5, 5.41) is 3.94. The SMILES string of the molecule is Cn1cc(Oc2cc(N)nc(N)n2)cn1. The molecular weight excluding hydrogens is 196 g/mol. The molecule has 0 aliphatic heterocycles. The van der Waals surface area contributed by atoms with Crippen molar-refractivity contribution < 1.29 is 4.74 Å². The van der Waals surface area contributed by atoms with Crippen LogP contribution in [0.3, 0.4) is 0 Å². The molecule has 7 nitrogen and oxygen atoms in total. The number of hydrogen-bond donors (Lipinski definition) is 2. The first-order valence-corrected chi connectivity index (χ1v) is 4.20. The minimum atomic E-state index is 0.0777. The Labute approximate surface area is 85.7 Å². The molecule has 0 fully saturated rings. The number of ether oxygens (including phenoxy) is 1. The summed E-state index contributed by atoms with van der Waals surface area (Å²) in [5.74, 6) is 1.21. The highest BCUT2D eigenvalue weighted by molar-refractivity contribution is 5.39. The Bertz CT molecular complexity index is 459. The maximum atomic E-state index is 5.49. The molecule has 0 aliphatic carbocycles. The molecule has 0 atom stereocenters. The number of aryl methyl sites for hydroxylation is 1. The first kappa shape index (κ1) is 9.25. The van der Waals surface area contributed by atoms with E-state index in [1.807, 2.05) is 0 Å². The van der Waals surface area contributed by atoms with Crippen LogP contribution in [0.5, 0.6) is 11.6 Å². The van der Waals surface area contributed by atoms with E-state index >= 15 is 0 Å². The van der Waals surface area contributed by atoms with E-state index < -0.39 is 0 Å². The van der Waals surface area contributed by atoms with Crippen molar-refractivity contribution >= 4 is 11.8 Å². The van der Waals surface area contributed by atoms with Crippen molar-refractivity contribution in [3.8, 4) is 11.6 Å². The van der Waals surface area contributed by atoms with Crippen LogP contribution in [0.2, 0.25) is 0 Å². The third kappa shape index (κ3) is 2.13. The first-order valence-electron chi connectivity index (χ1n) is 4.20. The van der Waals surface area contributed by atoms with Gasteiger partial charge in [0.25, 0.3) is 0 Å². The van der Waals surface area contributed by atoms with E-state index in [1.165, 1.54) is 6.07 Å². The van der Waals surface area contributed by atoms with Gasteiger partial charge in [-0.2, -0.15) is 15.1 Å². The zero-order valence-corrected chi connectivity index (χ0v) is 8.08. The Morgan fingerprint density at radius 3 is 2.73 bits per heavy atom. The molecule has 0 aromatic carbocycles. The third-order valence-corrected chi connectivity index (χ3v) is 1.64.